The smallest absolute Gasteiger partial charge is 0.475 e. The first-order valence-corrected chi connectivity index (χ1v) is 2.49. The molecule has 0 aromatic rings. The van der Waals surface area contributed by atoms with Crippen molar-refractivity contribution in [2.24, 2.45) is 0 Å². The van der Waals surface area contributed by atoms with Gasteiger partial charge in [0.05, 0.1) is 0 Å². The average molecular weight is 423 g/mol. The summed E-state index contributed by atoms with van der Waals surface area (Å²) in [5.41, 5.74) is 0. The molecule has 0 spiro atoms. The van der Waals surface area contributed by atoms with Crippen LogP contribution in [0.4, 0.5) is 26.3 Å². The van der Waals surface area contributed by atoms with Crippen molar-refractivity contribution in [1.29, 1.82) is 0 Å². The minimum Gasteiger partial charge on any atom is -0.475 e. The zero-order chi connectivity index (χ0) is 12.2. The van der Waals surface area contributed by atoms with Crippen LogP contribution in [-0.2, 0) is 30.7 Å². The van der Waals surface area contributed by atoms with E-state index in [1.807, 2.05) is 0 Å². The largest absolute Gasteiger partial charge is 0.490 e. The maximum Gasteiger partial charge on any atom is 0.490 e. The molecule has 0 unspecified atom stereocenters. The Balaban J connectivity index is -0.000000180. The predicted molar refractivity (Wildman–Crippen MR) is 27.4 cm³/mol. The fraction of sp³-hybridized carbons (Fsp3) is 0.500. The third kappa shape index (κ3) is 13.2. The van der Waals surface area contributed by atoms with Crippen LogP contribution >= 0.6 is 0 Å². The van der Waals surface area contributed by atoms with Gasteiger partial charge in [-0.05, 0) is 0 Å². The number of carboxylic acids is 2. The van der Waals surface area contributed by atoms with E-state index in [0.717, 1.165) is 0 Å². The van der Waals surface area contributed by atoms with Crippen molar-refractivity contribution in [1.82, 2.24) is 0 Å². The van der Waals surface area contributed by atoms with Gasteiger partial charge in [0.2, 0.25) is 0 Å². The second-order valence-corrected chi connectivity index (χ2v) is 1.61. The Morgan fingerprint density at radius 3 is 0.800 bits per heavy atom. The van der Waals surface area contributed by atoms with Gasteiger partial charge in [-0.15, -0.1) is 0 Å². The number of rotatable bonds is 0. The van der Waals surface area contributed by atoms with Crippen molar-refractivity contribution >= 4 is 11.9 Å². The summed E-state index contributed by atoms with van der Waals surface area (Å²) in [5.74, 6) is -5.51. The molecule has 11 heteroatoms. The van der Waals surface area contributed by atoms with Crippen LogP contribution in [0.15, 0.2) is 0 Å². The molecule has 15 heavy (non-hydrogen) atoms. The third-order valence-corrected chi connectivity index (χ3v) is 0.485. The van der Waals surface area contributed by atoms with Crippen LogP contribution in [0, 0.1) is 0 Å². The van der Waals surface area contributed by atoms with Crippen LogP contribution in [0.25, 0.3) is 0 Å². The number of carboxylic acid groups (broad SMARTS) is 2. The topological polar surface area (TPSA) is 74.6 Å². The summed E-state index contributed by atoms with van der Waals surface area (Å²) in [4.78, 5) is 17.8. The molecule has 0 aromatic carbocycles. The molecule has 94 valence electrons. The number of carbonyl (C=O) groups is 2. The summed E-state index contributed by atoms with van der Waals surface area (Å²) in [6.07, 6.45) is -10.2. The fourth-order valence-electron chi connectivity index (χ4n) is 0. The fourth-order valence-corrected chi connectivity index (χ4v) is 0. The van der Waals surface area contributed by atoms with Crippen LogP contribution < -0.4 is 0 Å². The van der Waals surface area contributed by atoms with Gasteiger partial charge in [-0.2, -0.15) is 26.3 Å². The van der Waals surface area contributed by atoms with E-state index >= 15 is 0 Å². The van der Waals surface area contributed by atoms with Crippen molar-refractivity contribution in [3.8, 4) is 0 Å². The molecule has 0 saturated heterocycles. The van der Waals surface area contributed by atoms with E-state index < -0.39 is 24.3 Å². The minimum atomic E-state index is -5.08. The Kier molecular flexibility index (Phi) is 8.74. The zero-order valence-corrected chi connectivity index (χ0v) is 8.57. The van der Waals surface area contributed by atoms with E-state index in [1.165, 1.54) is 0 Å². The quantitative estimate of drug-likeness (QED) is 0.576. The Hall–Kier alpha value is -0.792. The Morgan fingerprint density at radius 1 is 0.733 bits per heavy atom. The van der Waals surface area contributed by atoms with Crippen molar-refractivity contribution in [2.75, 3.05) is 0 Å². The summed E-state index contributed by atoms with van der Waals surface area (Å²) in [6, 6.07) is 0. The predicted octanol–water partition coefficient (Wildman–Crippen LogP) is 1.26. The van der Waals surface area contributed by atoms with Crippen LogP contribution in [0.3, 0.4) is 0 Å². The van der Waals surface area contributed by atoms with Gasteiger partial charge in [-0.1, -0.05) is 0 Å². The van der Waals surface area contributed by atoms with E-state index in [1.54, 1.807) is 0 Å². The molecule has 0 aliphatic heterocycles. The molecular weight excluding hydrogens is 421 g/mol. The third-order valence-electron chi connectivity index (χ3n) is 0.485. The van der Waals surface area contributed by atoms with Crippen LogP contribution in [0.2, 0.25) is 0 Å². The van der Waals surface area contributed by atoms with Gasteiger partial charge in [0, 0.05) is 21.1 Å². The Bertz CT molecular complexity index is 196. The molecule has 0 heterocycles. The first kappa shape index (κ1) is 19.7. The summed E-state index contributed by atoms with van der Waals surface area (Å²) in [6.45, 7) is 0. The molecule has 0 atom stereocenters. The minimum absolute atomic E-state index is 0. The van der Waals surface area contributed by atoms with Gasteiger partial charge >= 0.3 is 24.3 Å². The molecule has 0 aromatic heterocycles. The first-order chi connectivity index (χ1) is 5.89. The molecule has 0 aliphatic carbocycles. The SMILES string of the molecule is O=C(O)C(F)(F)F.O=C(O)C(F)(F)F.[Pt]. The van der Waals surface area contributed by atoms with Crippen LogP contribution in [0.5, 0.6) is 0 Å². The number of alkyl halides is 6. The molecule has 0 saturated carbocycles. The Labute approximate surface area is 92.1 Å². The molecule has 0 fully saturated rings. The normalized spacial score (nSPS) is 10.5. The van der Waals surface area contributed by atoms with Crippen LogP contribution in [-0.4, -0.2) is 34.5 Å². The molecule has 2 N–H and O–H groups in total. The second-order valence-electron chi connectivity index (χ2n) is 1.61. The Morgan fingerprint density at radius 2 is 0.800 bits per heavy atom. The molecule has 4 nitrogen and oxygen atoms in total. The number of halogens is 6. The van der Waals surface area contributed by atoms with Gasteiger partial charge in [-0.3, -0.25) is 0 Å². The van der Waals surface area contributed by atoms with E-state index in [-0.39, 0.29) is 21.1 Å². The zero-order valence-electron chi connectivity index (χ0n) is 6.29. The van der Waals surface area contributed by atoms with Crippen molar-refractivity contribution in [3.63, 3.8) is 0 Å². The average Bonchev–Trinajstić information content (AvgIpc) is 1.83. The standard InChI is InChI=1S/2C2HF3O2.Pt/c2*3-2(4,5)1(6)7;/h2*(H,6,7);. The van der Waals surface area contributed by atoms with E-state index in [0.29, 0.717) is 0 Å². The maximum absolute atomic E-state index is 10.6. The van der Waals surface area contributed by atoms with Gasteiger partial charge in [0.15, 0.2) is 0 Å². The molecule has 0 bridgehead atoms. The summed E-state index contributed by atoms with van der Waals surface area (Å²) in [5, 5.41) is 14.2. The van der Waals surface area contributed by atoms with E-state index in [2.05, 4.69) is 0 Å². The molecule has 0 radical (unpaired) electrons. The van der Waals surface area contributed by atoms with Crippen molar-refractivity contribution < 1.29 is 67.2 Å². The monoisotopic (exact) mass is 423 g/mol. The number of aliphatic carboxylic acids is 2. The van der Waals surface area contributed by atoms with E-state index in [4.69, 9.17) is 19.8 Å². The first-order valence-electron chi connectivity index (χ1n) is 2.49. The summed E-state index contributed by atoms with van der Waals surface area (Å²) >= 11 is 0. The van der Waals surface area contributed by atoms with Crippen molar-refractivity contribution in [2.45, 2.75) is 12.4 Å². The summed E-state index contributed by atoms with van der Waals surface area (Å²) < 4.78 is 63.5. The molecular formula is C4H2F6O4Pt. The van der Waals surface area contributed by atoms with E-state index in [9.17, 15) is 26.3 Å². The number of hydrogen-bond acceptors (Lipinski definition) is 2. The van der Waals surface area contributed by atoms with Crippen LogP contribution in [0.1, 0.15) is 0 Å². The molecule has 0 aliphatic rings. The second kappa shape index (κ2) is 6.65. The maximum atomic E-state index is 10.6. The van der Waals surface area contributed by atoms with Gasteiger partial charge in [0.1, 0.15) is 0 Å². The van der Waals surface area contributed by atoms with Gasteiger partial charge in [-0.25, -0.2) is 9.59 Å². The summed E-state index contributed by atoms with van der Waals surface area (Å²) in [7, 11) is 0. The molecule has 0 rings (SSSR count). The van der Waals surface area contributed by atoms with Gasteiger partial charge in [0.25, 0.3) is 0 Å². The van der Waals surface area contributed by atoms with Crippen molar-refractivity contribution in [3.05, 3.63) is 0 Å². The number of hydrogen-bond donors (Lipinski definition) is 2. The van der Waals surface area contributed by atoms with Gasteiger partial charge < -0.3 is 10.2 Å². The molecule has 0 amide bonds.